The van der Waals surface area contributed by atoms with Crippen molar-refractivity contribution in [3.05, 3.63) is 88.9 Å². The second kappa shape index (κ2) is 5.50. The maximum absolute atomic E-state index is 3.63. The summed E-state index contributed by atoms with van der Waals surface area (Å²) < 4.78 is 1.09. The molecule has 0 spiro atoms. The minimum atomic E-state index is 0.111. The molecule has 4 rings (SSSR count). The number of fused-ring (bicyclic) bond motifs is 1. The third-order valence-corrected chi connectivity index (χ3v) is 4.46. The van der Waals surface area contributed by atoms with E-state index in [4.69, 9.17) is 0 Å². The molecule has 3 aromatic carbocycles. The van der Waals surface area contributed by atoms with E-state index in [9.17, 15) is 0 Å². The van der Waals surface area contributed by atoms with E-state index in [1.54, 1.807) is 0 Å². The van der Waals surface area contributed by atoms with Crippen LogP contribution in [0, 0.1) is 0 Å². The van der Waals surface area contributed by atoms with Crippen LogP contribution in [0.3, 0.4) is 0 Å². The summed E-state index contributed by atoms with van der Waals surface area (Å²) in [6, 6.07) is 27.4. The predicted octanol–water partition coefficient (Wildman–Crippen LogP) is 5.71. The summed E-state index contributed by atoms with van der Waals surface area (Å²) in [6.07, 6.45) is 0.111. The number of halogens is 1. The highest BCUT2D eigenvalue weighted by molar-refractivity contribution is 9.10. The molecule has 1 aliphatic heterocycles. The number of para-hydroxylation sites is 2. The van der Waals surface area contributed by atoms with Gasteiger partial charge in [0.2, 0.25) is 0 Å². The van der Waals surface area contributed by atoms with Gasteiger partial charge in [-0.1, -0.05) is 58.4 Å². The van der Waals surface area contributed by atoms with Gasteiger partial charge in [0.1, 0.15) is 6.17 Å². The summed E-state index contributed by atoms with van der Waals surface area (Å²) >= 11 is 3.51. The van der Waals surface area contributed by atoms with Crippen molar-refractivity contribution in [2.24, 2.45) is 0 Å². The first kappa shape index (κ1) is 13.4. The molecule has 108 valence electrons. The Hall–Kier alpha value is -2.26. The highest BCUT2D eigenvalue weighted by atomic mass is 79.9. The molecule has 0 bridgehead atoms. The normalized spacial score (nSPS) is 16.2. The zero-order valence-electron chi connectivity index (χ0n) is 11.9. The Balaban J connectivity index is 1.84. The summed E-state index contributed by atoms with van der Waals surface area (Å²) in [7, 11) is 0. The van der Waals surface area contributed by atoms with Crippen LogP contribution in [0.25, 0.3) is 0 Å². The van der Waals surface area contributed by atoms with Crippen LogP contribution in [-0.2, 0) is 0 Å². The smallest absolute Gasteiger partial charge is 0.130 e. The summed E-state index contributed by atoms with van der Waals surface area (Å²) in [5.74, 6) is 0. The van der Waals surface area contributed by atoms with E-state index in [0.29, 0.717) is 0 Å². The SMILES string of the molecule is Brc1ccc(N2c3ccccc3NC2c2ccccc2)cc1. The number of anilines is 3. The molecule has 0 aromatic heterocycles. The number of nitrogens with zero attached hydrogens (tertiary/aromatic N) is 1. The van der Waals surface area contributed by atoms with Crippen LogP contribution in [0.1, 0.15) is 11.7 Å². The van der Waals surface area contributed by atoms with Gasteiger partial charge in [0.05, 0.1) is 11.4 Å². The Morgan fingerprint density at radius 3 is 2.23 bits per heavy atom. The fourth-order valence-corrected chi connectivity index (χ4v) is 3.18. The van der Waals surface area contributed by atoms with Crippen molar-refractivity contribution in [3.8, 4) is 0 Å². The zero-order valence-corrected chi connectivity index (χ0v) is 13.5. The van der Waals surface area contributed by atoms with Crippen LogP contribution in [-0.4, -0.2) is 0 Å². The number of nitrogens with one attached hydrogen (secondary N) is 1. The van der Waals surface area contributed by atoms with E-state index in [2.05, 4.69) is 105 Å². The molecule has 1 aliphatic rings. The maximum Gasteiger partial charge on any atom is 0.130 e. The molecular weight excluding hydrogens is 336 g/mol. The van der Waals surface area contributed by atoms with Crippen molar-refractivity contribution in [2.75, 3.05) is 10.2 Å². The van der Waals surface area contributed by atoms with E-state index in [-0.39, 0.29) is 6.17 Å². The number of hydrogen-bond donors (Lipinski definition) is 1. The van der Waals surface area contributed by atoms with Gasteiger partial charge in [0.25, 0.3) is 0 Å². The third-order valence-electron chi connectivity index (χ3n) is 3.93. The van der Waals surface area contributed by atoms with Gasteiger partial charge < -0.3 is 10.2 Å². The van der Waals surface area contributed by atoms with Crippen LogP contribution >= 0.6 is 15.9 Å². The molecule has 1 atom stereocenters. The lowest BCUT2D eigenvalue weighted by Crippen LogP contribution is -2.23. The van der Waals surface area contributed by atoms with Crippen LogP contribution in [0.4, 0.5) is 17.1 Å². The molecule has 1 N–H and O–H groups in total. The molecule has 3 heteroatoms. The molecule has 1 heterocycles. The molecule has 2 nitrogen and oxygen atoms in total. The fourth-order valence-electron chi connectivity index (χ4n) is 2.91. The van der Waals surface area contributed by atoms with Crippen LogP contribution in [0.15, 0.2) is 83.3 Å². The van der Waals surface area contributed by atoms with E-state index in [1.807, 2.05) is 0 Å². The van der Waals surface area contributed by atoms with Crippen molar-refractivity contribution in [1.29, 1.82) is 0 Å². The molecule has 0 saturated heterocycles. The van der Waals surface area contributed by atoms with Crippen molar-refractivity contribution in [1.82, 2.24) is 0 Å². The van der Waals surface area contributed by atoms with Gasteiger partial charge in [-0.05, 0) is 42.0 Å². The Morgan fingerprint density at radius 1 is 0.773 bits per heavy atom. The lowest BCUT2D eigenvalue weighted by atomic mass is 10.1. The van der Waals surface area contributed by atoms with Crippen LogP contribution < -0.4 is 10.2 Å². The monoisotopic (exact) mass is 350 g/mol. The Bertz CT molecular complexity index is 784. The molecule has 0 fully saturated rings. The summed E-state index contributed by atoms with van der Waals surface area (Å²) in [4.78, 5) is 2.34. The van der Waals surface area contributed by atoms with Gasteiger partial charge in [-0.25, -0.2) is 0 Å². The Labute approximate surface area is 138 Å². The first-order valence-electron chi connectivity index (χ1n) is 7.28. The second-order valence-corrected chi connectivity index (χ2v) is 6.24. The summed E-state index contributed by atoms with van der Waals surface area (Å²) in [5.41, 5.74) is 4.80. The van der Waals surface area contributed by atoms with E-state index < -0.39 is 0 Å². The second-order valence-electron chi connectivity index (χ2n) is 5.32. The fraction of sp³-hybridized carbons (Fsp3) is 0.0526. The van der Waals surface area contributed by atoms with E-state index in [0.717, 1.165) is 4.47 Å². The van der Waals surface area contributed by atoms with Gasteiger partial charge >= 0.3 is 0 Å². The standard InChI is InChI=1S/C19H15BrN2/c20-15-10-12-16(13-11-15)22-18-9-5-4-8-17(18)21-19(22)14-6-2-1-3-7-14/h1-13,19,21H. The first-order chi connectivity index (χ1) is 10.8. The van der Waals surface area contributed by atoms with Gasteiger partial charge in [0.15, 0.2) is 0 Å². The number of benzene rings is 3. The van der Waals surface area contributed by atoms with Crippen LogP contribution in [0.2, 0.25) is 0 Å². The highest BCUT2D eigenvalue weighted by Crippen LogP contribution is 2.45. The average molecular weight is 351 g/mol. The molecule has 0 radical (unpaired) electrons. The lowest BCUT2D eigenvalue weighted by molar-refractivity contribution is 0.828. The molecule has 22 heavy (non-hydrogen) atoms. The number of rotatable bonds is 2. The molecular formula is C19H15BrN2. The van der Waals surface area contributed by atoms with E-state index in [1.165, 1.54) is 22.6 Å². The van der Waals surface area contributed by atoms with Crippen molar-refractivity contribution >= 4 is 33.0 Å². The minimum absolute atomic E-state index is 0.111. The molecule has 0 aliphatic carbocycles. The maximum atomic E-state index is 3.63. The van der Waals surface area contributed by atoms with Gasteiger partial charge in [0, 0.05) is 10.2 Å². The van der Waals surface area contributed by atoms with E-state index >= 15 is 0 Å². The Kier molecular flexibility index (Phi) is 3.35. The quantitative estimate of drug-likeness (QED) is 0.636. The van der Waals surface area contributed by atoms with Crippen molar-refractivity contribution in [2.45, 2.75) is 6.17 Å². The largest absolute Gasteiger partial charge is 0.359 e. The molecule has 1 unspecified atom stereocenters. The highest BCUT2D eigenvalue weighted by Gasteiger charge is 2.30. The van der Waals surface area contributed by atoms with Crippen molar-refractivity contribution < 1.29 is 0 Å². The van der Waals surface area contributed by atoms with Crippen molar-refractivity contribution in [3.63, 3.8) is 0 Å². The van der Waals surface area contributed by atoms with Gasteiger partial charge in [-0.2, -0.15) is 0 Å². The average Bonchev–Trinajstić information content (AvgIpc) is 2.96. The van der Waals surface area contributed by atoms with Gasteiger partial charge in [-0.3, -0.25) is 0 Å². The van der Waals surface area contributed by atoms with Crippen LogP contribution in [0.5, 0.6) is 0 Å². The summed E-state index contributed by atoms with van der Waals surface area (Å²) in [5, 5.41) is 3.63. The topological polar surface area (TPSA) is 15.3 Å². The summed E-state index contributed by atoms with van der Waals surface area (Å²) in [6.45, 7) is 0. The first-order valence-corrected chi connectivity index (χ1v) is 8.07. The molecule has 0 amide bonds. The third kappa shape index (κ3) is 2.28. The predicted molar refractivity (Wildman–Crippen MR) is 95.5 cm³/mol. The molecule has 0 saturated carbocycles. The molecule has 3 aromatic rings. The zero-order chi connectivity index (χ0) is 14.9. The number of hydrogen-bond acceptors (Lipinski definition) is 2. The lowest BCUT2D eigenvalue weighted by Gasteiger charge is -2.27. The minimum Gasteiger partial charge on any atom is -0.359 e. The Morgan fingerprint density at radius 2 is 1.45 bits per heavy atom. The van der Waals surface area contributed by atoms with Gasteiger partial charge in [-0.15, -0.1) is 0 Å².